The van der Waals surface area contributed by atoms with Crippen molar-refractivity contribution in [2.45, 2.75) is 31.9 Å². The summed E-state index contributed by atoms with van der Waals surface area (Å²) in [5.74, 6) is -2.57. The van der Waals surface area contributed by atoms with Gasteiger partial charge in [0.05, 0.1) is 6.10 Å². The maximum atomic E-state index is 13.0. The molecule has 0 saturated carbocycles. The summed E-state index contributed by atoms with van der Waals surface area (Å²) in [4.78, 5) is 10.9. The van der Waals surface area contributed by atoms with Gasteiger partial charge in [-0.1, -0.05) is 13.3 Å². The molecule has 0 spiro atoms. The van der Waals surface area contributed by atoms with Crippen LogP contribution in [0, 0.1) is 11.6 Å². The number of carbonyl (C=O) groups is 1. The van der Waals surface area contributed by atoms with E-state index in [4.69, 9.17) is 5.11 Å². The lowest BCUT2D eigenvalue weighted by atomic mass is 10.1. The van der Waals surface area contributed by atoms with E-state index in [9.17, 15) is 18.7 Å². The van der Waals surface area contributed by atoms with E-state index in [2.05, 4.69) is 5.32 Å². The molecule has 0 fully saturated rings. The van der Waals surface area contributed by atoms with Gasteiger partial charge >= 0.3 is 5.97 Å². The van der Waals surface area contributed by atoms with Gasteiger partial charge in [-0.25, -0.2) is 8.78 Å². The maximum Gasteiger partial charge on any atom is 0.320 e. The summed E-state index contributed by atoms with van der Waals surface area (Å²) in [7, 11) is 0. The van der Waals surface area contributed by atoms with Crippen LogP contribution in [0.2, 0.25) is 0 Å². The van der Waals surface area contributed by atoms with E-state index in [0.717, 1.165) is 12.1 Å². The van der Waals surface area contributed by atoms with Crippen molar-refractivity contribution in [3.05, 3.63) is 35.4 Å². The van der Waals surface area contributed by atoms with Gasteiger partial charge in [-0.15, -0.1) is 0 Å². The molecule has 0 aliphatic rings. The fourth-order valence-corrected chi connectivity index (χ4v) is 1.74. The zero-order chi connectivity index (χ0) is 14.4. The number of hydrogen-bond acceptors (Lipinski definition) is 3. The van der Waals surface area contributed by atoms with Gasteiger partial charge in [0.2, 0.25) is 0 Å². The Morgan fingerprint density at radius 1 is 1.32 bits per heavy atom. The number of nitrogens with one attached hydrogen (secondary N) is 1. The third-order valence-electron chi connectivity index (χ3n) is 2.70. The second-order valence-electron chi connectivity index (χ2n) is 4.31. The number of aliphatic hydroxyl groups excluding tert-OH is 1. The van der Waals surface area contributed by atoms with Crippen LogP contribution in [0.4, 0.5) is 8.78 Å². The van der Waals surface area contributed by atoms with E-state index in [1.165, 1.54) is 0 Å². The average molecular weight is 273 g/mol. The Bertz CT molecular complexity index is 420. The van der Waals surface area contributed by atoms with Crippen LogP contribution in [0.15, 0.2) is 18.2 Å². The van der Waals surface area contributed by atoms with E-state index < -0.39 is 29.7 Å². The highest BCUT2D eigenvalue weighted by Gasteiger charge is 2.18. The van der Waals surface area contributed by atoms with Crippen molar-refractivity contribution in [1.29, 1.82) is 0 Å². The molecule has 6 heteroatoms. The number of aliphatic hydroxyl groups is 1. The molecule has 1 aromatic carbocycles. The molecule has 1 aromatic rings. The van der Waals surface area contributed by atoms with E-state index in [-0.39, 0.29) is 12.1 Å². The van der Waals surface area contributed by atoms with E-state index >= 15 is 0 Å². The molecule has 106 valence electrons. The zero-order valence-corrected chi connectivity index (χ0v) is 10.6. The second kappa shape index (κ2) is 7.16. The lowest BCUT2D eigenvalue weighted by molar-refractivity contribution is -0.139. The molecule has 0 radical (unpaired) electrons. The molecular formula is C13H17F2NO3. The molecule has 0 aliphatic heterocycles. The monoisotopic (exact) mass is 273 g/mol. The van der Waals surface area contributed by atoms with Gasteiger partial charge < -0.3 is 15.5 Å². The van der Waals surface area contributed by atoms with Gasteiger partial charge in [0.25, 0.3) is 0 Å². The Labute approximate surface area is 110 Å². The van der Waals surface area contributed by atoms with Crippen LogP contribution < -0.4 is 5.32 Å². The first-order chi connectivity index (χ1) is 8.93. The van der Waals surface area contributed by atoms with Gasteiger partial charge in [0.15, 0.2) is 0 Å². The Kier molecular flexibility index (Phi) is 5.85. The second-order valence-corrected chi connectivity index (χ2v) is 4.31. The molecule has 0 saturated heterocycles. The predicted octanol–water partition coefficient (Wildman–Crippen LogP) is 1.84. The lowest BCUT2D eigenvalue weighted by Gasteiger charge is -2.17. The van der Waals surface area contributed by atoms with Crippen LogP contribution in [-0.4, -0.2) is 28.8 Å². The van der Waals surface area contributed by atoms with Crippen molar-refractivity contribution in [2.24, 2.45) is 0 Å². The summed E-state index contributed by atoms with van der Waals surface area (Å²) in [6.07, 6.45) is -0.0716. The topological polar surface area (TPSA) is 69.6 Å². The third kappa shape index (κ3) is 4.92. The first-order valence-corrected chi connectivity index (χ1v) is 6.04. The highest BCUT2D eigenvalue weighted by atomic mass is 19.1. The minimum atomic E-state index is -1.16. The van der Waals surface area contributed by atoms with Crippen molar-refractivity contribution in [3.8, 4) is 0 Å². The summed E-state index contributed by atoms with van der Waals surface area (Å²) in [5.41, 5.74) is 0.0747. The minimum absolute atomic E-state index is 0.0747. The number of carboxylic acid groups (broad SMARTS) is 1. The van der Waals surface area contributed by atoms with Crippen LogP contribution >= 0.6 is 0 Å². The summed E-state index contributed by atoms with van der Waals surface area (Å²) in [6, 6.07) is 1.97. The first kappa shape index (κ1) is 15.5. The summed E-state index contributed by atoms with van der Waals surface area (Å²) < 4.78 is 25.9. The summed E-state index contributed by atoms with van der Waals surface area (Å²) in [6.45, 7) is 1.76. The molecule has 1 rings (SSSR count). The molecule has 0 heterocycles. The van der Waals surface area contributed by atoms with Crippen LogP contribution in [0.1, 0.15) is 31.4 Å². The van der Waals surface area contributed by atoms with Gasteiger partial charge in [0.1, 0.15) is 17.7 Å². The van der Waals surface area contributed by atoms with Crippen LogP contribution in [0.3, 0.4) is 0 Å². The van der Waals surface area contributed by atoms with Crippen molar-refractivity contribution in [3.63, 3.8) is 0 Å². The van der Waals surface area contributed by atoms with E-state index in [1.807, 2.05) is 6.92 Å². The molecule has 2 atom stereocenters. The molecule has 0 bridgehead atoms. The van der Waals surface area contributed by atoms with Gasteiger partial charge in [-0.2, -0.15) is 0 Å². The van der Waals surface area contributed by atoms with Crippen LogP contribution in [-0.2, 0) is 4.79 Å². The SMILES string of the molecule is CCC[C@H](NCC(O)c1cc(F)cc(F)c1)C(=O)O. The van der Waals surface area contributed by atoms with Crippen LogP contribution in [0.5, 0.6) is 0 Å². The van der Waals surface area contributed by atoms with Crippen molar-refractivity contribution in [2.75, 3.05) is 6.54 Å². The molecule has 0 aromatic heterocycles. The number of aliphatic carboxylic acids is 1. The smallest absolute Gasteiger partial charge is 0.320 e. The maximum absolute atomic E-state index is 13.0. The van der Waals surface area contributed by atoms with Crippen molar-refractivity contribution >= 4 is 5.97 Å². The molecule has 3 N–H and O–H groups in total. The molecule has 19 heavy (non-hydrogen) atoms. The number of hydrogen-bond donors (Lipinski definition) is 3. The highest BCUT2D eigenvalue weighted by molar-refractivity contribution is 5.73. The summed E-state index contributed by atoms with van der Waals surface area (Å²) in [5, 5.41) is 21.4. The van der Waals surface area contributed by atoms with Crippen molar-refractivity contribution in [1.82, 2.24) is 5.32 Å². The molecule has 4 nitrogen and oxygen atoms in total. The van der Waals surface area contributed by atoms with Gasteiger partial charge in [-0.05, 0) is 24.1 Å². The number of benzene rings is 1. The van der Waals surface area contributed by atoms with Gasteiger partial charge in [-0.3, -0.25) is 4.79 Å². The third-order valence-corrected chi connectivity index (χ3v) is 2.70. The number of rotatable bonds is 7. The highest BCUT2D eigenvalue weighted by Crippen LogP contribution is 2.16. The fraction of sp³-hybridized carbons (Fsp3) is 0.462. The van der Waals surface area contributed by atoms with E-state index in [1.54, 1.807) is 0 Å². The van der Waals surface area contributed by atoms with Crippen molar-refractivity contribution < 1.29 is 23.8 Å². The summed E-state index contributed by atoms with van der Waals surface area (Å²) >= 11 is 0. The Balaban J connectivity index is 2.63. The molecule has 0 aliphatic carbocycles. The minimum Gasteiger partial charge on any atom is -0.480 e. The van der Waals surface area contributed by atoms with Gasteiger partial charge in [0, 0.05) is 12.6 Å². The Hall–Kier alpha value is -1.53. The molecule has 0 amide bonds. The lowest BCUT2D eigenvalue weighted by Crippen LogP contribution is -2.38. The normalized spacial score (nSPS) is 14.1. The Morgan fingerprint density at radius 3 is 2.37 bits per heavy atom. The number of carboxylic acids is 1. The standard InChI is InChI=1S/C13H17F2NO3/c1-2-3-11(13(18)19)16-7-12(17)8-4-9(14)6-10(15)5-8/h4-6,11-12,16-17H,2-3,7H2,1H3,(H,18,19)/t11-,12?/m0/s1. The average Bonchev–Trinajstić information content (AvgIpc) is 2.32. The molecular weight excluding hydrogens is 256 g/mol. The molecule has 1 unspecified atom stereocenters. The van der Waals surface area contributed by atoms with Crippen LogP contribution in [0.25, 0.3) is 0 Å². The van der Waals surface area contributed by atoms with E-state index in [0.29, 0.717) is 18.9 Å². The fourth-order valence-electron chi connectivity index (χ4n) is 1.74. The Morgan fingerprint density at radius 2 is 1.89 bits per heavy atom. The predicted molar refractivity (Wildman–Crippen MR) is 65.7 cm³/mol. The zero-order valence-electron chi connectivity index (χ0n) is 10.6. The number of halogens is 2. The first-order valence-electron chi connectivity index (χ1n) is 6.04. The largest absolute Gasteiger partial charge is 0.480 e. The quantitative estimate of drug-likeness (QED) is 0.709.